The summed E-state index contributed by atoms with van der Waals surface area (Å²) in [5.41, 5.74) is 3.64. The summed E-state index contributed by atoms with van der Waals surface area (Å²) < 4.78 is 5.97. The highest BCUT2D eigenvalue weighted by molar-refractivity contribution is 5.96. The monoisotopic (exact) mass is 330 g/mol. The zero-order chi connectivity index (χ0) is 17.6. The maximum absolute atomic E-state index is 12.6. The van der Waals surface area contributed by atoms with E-state index < -0.39 is 5.60 Å². The molecule has 0 bridgehead atoms. The van der Waals surface area contributed by atoms with E-state index in [2.05, 4.69) is 0 Å². The van der Waals surface area contributed by atoms with Crippen LogP contribution in [0.25, 0.3) is 0 Å². The maximum atomic E-state index is 12.6. The average molecular weight is 330 g/mol. The van der Waals surface area contributed by atoms with Crippen molar-refractivity contribution in [1.82, 2.24) is 0 Å². The number of benzene rings is 3. The van der Waals surface area contributed by atoms with Crippen LogP contribution in [0.2, 0.25) is 0 Å². The average Bonchev–Trinajstić information content (AvgIpc) is 2.92. The van der Waals surface area contributed by atoms with Gasteiger partial charge in [-0.05, 0) is 32.0 Å². The fraction of sp³-hybridized carbons (Fsp3) is 0.136. The number of aromatic hydroxyl groups is 1. The van der Waals surface area contributed by atoms with Crippen LogP contribution in [0.1, 0.15) is 38.2 Å². The Hall–Kier alpha value is -3.07. The Bertz CT molecular complexity index is 973. The molecular weight excluding hydrogens is 312 g/mol. The summed E-state index contributed by atoms with van der Waals surface area (Å²) in [5, 5.41) is 10.6. The predicted molar refractivity (Wildman–Crippen MR) is 95.8 cm³/mol. The summed E-state index contributed by atoms with van der Waals surface area (Å²) in [6.45, 7) is 3.96. The van der Waals surface area contributed by atoms with E-state index in [1.807, 2.05) is 68.4 Å². The number of carbonyl (C=O) groups is 1. The Morgan fingerprint density at radius 2 is 1.52 bits per heavy atom. The third kappa shape index (κ3) is 2.23. The first-order valence-corrected chi connectivity index (χ1v) is 8.22. The van der Waals surface area contributed by atoms with Crippen molar-refractivity contribution < 1.29 is 14.6 Å². The molecule has 1 heterocycles. The van der Waals surface area contributed by atoms with E-state index in [1.165, 1.54) is 0 Å². The number of fused-ring (bicyclic) bond motifs is 1. The minimum atomic E-state index is -1.14. The van der Waals surface area contributed by atoms with Gasteiger partial charge in [0, 0.05) is 16.7 Å². The Balaban J connectivity index is 2.09. The maximum Gasteiger partial charge on any atom is 0.340 e. The first-order valence-electron chi connectivity index (χ1n) is 8.22. The molecule has 3 heteroatoms. The smallest absolute Gasteiger partial charge is 0.340 e. The number of aryl methyl sites for hydroxylation is 2. The second-order valence-electron chi connectivity index (χ2n) is 6.50. The molecule has 3 nitrogen and oxygen atoms in total. The lowest BCUT2D eigenvalue weighted by atomic mass is 9.79. The number of phenolic OH excluding ortho intramolecular Hbond substituents is 1. The zero-order valence-electron chi connectivity index (χ0n) is 14.1. The molecule has 0 radical (unpaired) electrons. The third-order valence-electron chi connectivity index (χ3n) is 4.76. The number of hydrogen-bond donors (Lipinski definition) is 1. The minimum Gasteiger partial charge on any atom is -0.507 e. The van der Waals surface area contributed by atoms with Gasteiger partial charge in [-0.2, -0.15) is 0 Å². The van der Waals surface area contributed by atoms with Gasteiger partial charge in [0.15, 0.2) is 5.60 Å². The van der Waals surface area contributed by atoms with Crippen LogP contribution in [0.3, 0.4) is 0 Å². The van der Waals surface area contributed by atoms with Gasteiger partial charge in [-0.15, -0.1) is 0 Å². The van der Waals surface area contributed by atoms with E-state index in [0.29, 0.717) is 11.1 Å². The van der Waals surface area contributed by atoms with E-state index >= 15 is 0 Å². The molecule has 3 aromatic carbocycles. The molecule has 3 aromatic rings. The first kappa shape index (κ1) is 15.5. The molecule has 4 rings (SSSR count). The van der Waals surface area contributed by atoms with Gasteiger partial charge in [0.25, 0.3) is 0 Å². The number of rotatable bonds is 2. The van der Waals surface area contributed by atoms with Crippen molar-refractivity contribution in [2.24, 2.45) is 0 Å². The molecule has 0 spiro atoms. The van der Waals surface area contributed by atoms with Crippen LogP contribution in [-0.4, -0.2) is 11.1 Å². The summed E-state index contributed by atoms with van der Waals surface area (Å²) in [6, 6.07) is 20.6. The summed E-state index contributed by atoms with van der Waals surface area (Å²) in [6.07, 6.45) is 0. The Labute approximate surface area is 146 Å². The van der Waals surface area contributed by atoms with Gasteiger partial charge in [-0.25, -0.2) is 4.79 Å². The van der Waals surface area contributed by atoms with Gasteiger partial charge in [0.2, 0.25) is 0 Å². The molecule has 0 amide bonds. The molecular formula is C22H18O3. The summed E-state index contributed by atoms with van der Waals surface area (Å²) >= 11 is 0. The quantitative estimate of drug-likeness (QED) is 0.705. The summed E-state index contributed by atoms with van der Waals surface area (Å²) in [7, 11) is 0. The lowest BCUT2D eigenvalue weighted by Crippen LogP contribution is -2.29. The Morgan fingerprint density at radius 3 is 2.28 bits per heavy atom. The van der Waals surface area contributed by atoms with Crippen LogP contribution < -0.4 is 0 Å². The summed E-state index contributed by atoms with van der Waals surface area (Å²) in [5.74, 6) is -0.271. The number of phenols is 1. The van der Waals surface area contributed by atoms with Gasteiger partial charge in [-0.3, -0.25) is 0 Å². The van der Waals surface area contributed by atoms with Gasteiger partial charge in [0.05, 0.1) is 5.56 Å². The van der Waals surface area contributed by atoms with Crippen molar-refractivity contribution in [3.63, 3.8) is 0 Å². The van der Waals surface area contributed by atoms with Gasteiger partial charge in [-0.1, -0.05) is 59.7 Å². The summed E-state index contributed by atoms with van der Waals surface area (Å²) in [4.78, 5) is 12.6. The van der Waals surface area contributed by atoms with Gasteiger partial charge >= 0.3 is 5.97 Å². The molecule has 0 saturated carbocycles. The standard InChI is InChI=1S/C22H18O3/c1-14-7-10-16(11-8-14)22(19-13-15(2)9-12-20(19)23)18-6-4-3-5-17(18)21(24)25-22/h3-13,23H,1-2H3. The van der Waals surface area contributed by atoms with Crippen LogP contribution in [0.5, 0.6) is 5.75 Å². The van der Waals surface area contributed by atoms with Crippen LogP contribution in [0.4, 0.5) is 0 Å². The second kappa shape index (κ2) is 5.49. The van der Waals surface area contributed by atoms with E-state index in [-0.39, 0.29) is 11.7 Å². The van der Waals surface area contributed by atoms with Crippen molar-refractivity contribution >= 4 is 5.97 Å². The SMILES string of the molecule is Cc1ccc(C2(c3cc(C)ccc3O)OC(=O)c3ccccc32)cc1. The fourth-order valence-electron chi connectivity index (χ4n) is 3.51. The number of esters is 1. The van der Waals surface area contributed by atoms with Crippen LogP contribution in [0.15, 0.2) is 66.7 Å². The van der Waals surface area contributed by atoms with Gasteiger partial charge in [0.1, 0.15) is 5.75 Å². The van der Waals surface area contributed by atoms with Crippen molar-refractivity contribution in [3.8, 4) is 5.75 Å². The molecule has 0 fully saturated rings. The molecule has 1 N–H and O–H groups in total. The number of hydrogen-bond acceptors (Lipinski definition) is 3. The molecule has 1 aliphatic heterocycles. The highest BCUT2D eigenvalue weighted by Gasteiger charge is 2.49. The van der Waals surface area contributed by atoms with Gasteiger partial charge < -0.3 is 9.84 Å². The van der Waals surface area contributed by atoms with Crippen LogP contribution in [-0.2, 0) is 10.3 Å². The topological polar surface area (TPSA) is 46.5 Å². The van der Waals surface area contributed by atoms with Crippen molar-refractivity contribution in [2.75, 3.05) is 0 Å². The van der Waals surface area contributed by atoms with E-state index in [1.54, 1.807) is 12.1 Å². The molecule has 0 saturated heterocycles. The van der Waals surface area contributed by atoms with E-state index in [9.17, 15) is 9.90 Å². The molecule has 1 atom stereocenters. The van der Waals surface area contributed by atoms with E-state index in [4.69, 9.17) is 4.74 Å². The lowest BCUT2D eigenvalue weighted by molar-refractivity contribution is 0.0245. The minimum absolute atomic E-state index is 0.107. The third-order valence-corrected chi connectivity index (χ3v) is 4.76. The molecule has 124 valence electrons. The Kier molecular flexibility index (Phi) is 3.39. The number of cyclic esters (lactones) is 1. The highest BCUT2D eigenvalue weighted by Crippen LogP contribution is 2.49. The zero-order valence-corrected chi connectivity index (χ0v) is 14.1. The largest absolute Gasteiger partial charge is 0.507 e. The van der Waals surface area contributed by atoms with Crippen molar-refractivity contribution in [3.05, 3.63) is 100 Å². The first-order chi connectivity index (χ1) is 12.0. The number of ether oxygens (including phenoxy) is 1. The molecule has 1 unspecified atom stereocenters. The van der Waals surface area contributed by atoms with Crippen molar-refractivity contribution in [1.29, 1.82) is 0 Å². The molecule has 0 aromatic heterocycles. The molecule has 25 heavy (non-hydrogen) atoms. The normalized spacial score (nSPS) is 18.7. The fourth-order valence-corrected chi connectivity index (χ4v) is 3.51. The van der Waals surface area contributed by atoms with Crippen LogP contribution in [0, 0.1) is 13.8 Å². The highest BCUT2D eigenvalue weighted by atomic mass is 16.6. The van der Waals surface area contributed by atoms with Crippen molar-refractivity contribution in [2.45, 2.75) is 19.4 Å². The van der Waals surface area contributed by atoms with Crippen LogP contribution >= 0.6 is 0 Å². The lowest BCUT2D eigenvalue weighted by Gasteiger charge is -2.31. The Morgan fingerprint density at radius 1 is 0.840 bits per heavy atom. The predicted octanol–water partition coefficient (Wildman–Crippen LogP) is 4.47. The van der Waals surface area contributed by atoms with E-state index in [0.717, 1.165) is 22.3 Å². The molecule has 1 aliphatic rings. The molecule has 0 aliphatic carbocycles. The second-order valence-corrected chi connectivity index (χ2v) is 6.50. The number of carbonyl (C=O) groups excluding carboxylic acids is 1.